The van der Waals surface area contributed by atoms with Crippen LogP contribution in [0.2, 0.25) is 0 Å². The highest BCUT2D eigenvalue weighted by Crippen LogP contribution is 2.46. The molecule has 0 aromatic carbocycles. The summed E-state index contributed by atoms with van der Waals surface area (Å²) in [5.74, 6) is -3.11. The Kier molecular flexibility index (Phi) is 6.00. The van der Waals surface area contributed by atoms with Crippen LogP contribution in [0.25, 0.3) is 0 Å². The molecule has 4 atom stereocenters. The summed E-state index contributed by atoms with van der Waals surface area (Å²) in [4.78, 5) is 39.3. The van der Waals surface area contributed by atoms with Crippen molar-refractivity contribution < 1.29 is 24.2 Å². The van der Waals surface area contributed by atoms with Gasteiger partial charge in [0.1, 0.15) is 5.00 Å². The Morgan fingerprint density at radius 3 is 2.37 bits per heavy atom. The first-order valence-corrected chi connectivity index (χ1v) is 11.8. The predicted molar refractivity (Wildman–Crippen MR) is 115 cm³/mol. The maximum Gasteiger partial charge on any atom is 0.341 e. The van der Waals surface area contributed by atoms with Crippen molar-refractivity contribution in [2.24, 2.45) is 23.7 Å². The Morgan fingerprint density at radius 2 is 1.73 bits per heavy atom. The fourth-order valence-corrected chi connectivity index (χ4v) is 6.48. The molecule has 4 unspecified atom stereocenters. The number of fused-ring (bicyclic) bond motifs is 3. The second kappa shape index (κ2) is 8.53. The van der Waals surface area contributed by atoms with Crippen molar-refractivity contribution in [1.29, 1.82) is 0 Å². The third kappa shape index (κ3) is 3.92. The van der Waals surface area contributed by atoms with Gasteiger partial charge in [0.2, 0.25) is 5.91 Å². The number of anilines is 1. The van der Waals surface area contributed by atoms with E-state index >= 15 is 0 Å². The van der Waals surface area contributed by atoms with Gasteiger partial charge in [-0.2, -0.15) is 0 Å². The Balaban J connectivity index is 1.65. The first-order valence-electron chi connectivity index (χ1n) is 10.9. The summed E-state index contributed by atoms with van der Waals surface area (Å²) < 4.78 is 5.49. The molecule has 2 bridgehead atoms. The molecule has 4 aliphatic rings. The van der Waals surface area contributed by atoms with Crippen LogP contribution in [0.3, 0.4) is 0 Å². The summed E-state index contributed by atoms with van der Waals surface area (Å²) in [5, 5.41) is 13.2. The lowest BCUT2D eigenvalue weighted by molar-refractivity contribution is -0.151. The van der Waals surface area contributed by atoms with Crippen molar-refractivity contribution in [3.8, 4) is 0 Å². The maximum atomic E-state index is 13.3. The highest BCUT2D eigenvalue weighted by atomic mass is 32.1. The monoisotopic (exact) mass is 431 g/mol. The number of aliphatic carboxylic acids is 1. The molecule has 7 heteroatoms. The van der Waals surface area contributed by atoms with Crippen molar-refractivity contribution in [3.05, 3.63) is 28.2 Å². The number of nitrogens with one attached hydrogen (secondary N) is 1. The molecule has 1 aromatic rings. The Hall–Kier alpha value is -2.15. The smallest absolute Gasteiger partial charge is 0.341 e. The van der Waals surface area contributed by atoms with Crippen molar-refractivity contribution in [2.75, 3.05) is 5.32 Å². The molecular weight excluding hydrogens is 402 g/mol. The van der Waals surface area contributed by atoms with E-state index in [-0.39, 0.29) is 23.8 Å². The van der Waals surface area contributed by atoms with Crippen LogP contribution in [0.5, 0.6) is 0 Å². The predicted octanol–water partition coefficient (Wildman–Crippen LogP) is 4.43. The van der Waals surface area contributed by atoms with E-state index in [0.717, 1.165) is 55.4 Å². The highest BCUT2D eigenvalue weighted by molar-refractivity contribution is 7.17. The van der Waals surface area contributed by atoms with E-state index in [2.05, 4.69) is 5.32 Å². The number of allylic oxidation sites excluding steroid dienone is 2. The minimum Gasteiger partial charge on any atom is -0.481 e. The number of rotatable bonds is 5. The fourth-order valence-electron chi connectivity index (χ4n) is 5.20. The van der Waals surface area contributed by atoms with E-state index in [4.69, 9.17) is 4.74 Å². The number of hydrogen-bond donors (Lipinski definition) is 2. The molecule has 0 aliphatic heterocycles. The molecule has 1 heterocycles. The molecule has 4 aliphatic carbocycles. The third-order valence-corrected chi connectivity index (χ3v) is 7.75. The minimum atomic E-state index is -0.921. The summed E-state index contributed by atoms with van der Waals surface area (Å²) in [6.07, 6.45) is 10.2. The van der Waals surface area contributed by atoms with Gasteiger partial charge in [-0.05, 0) is 69.8 Å². The minimum absolute atomic E-state index is 0.0695. The molecule has 2 N–H and O–H groups in total. The summed E-state index contributed by atoms with van der Waals surface area (Å²) in [5.41, 5.74) is 1.47. The first-order chi connectivity index (χ1) is 14.4. The van der Waals surface area contributed by atoms with Gasteiger partial charge >= 0.3 is 11.9 Å². The SMILES string of the molecule is CC(C)OC(=O)c1c(NC(=O)C2C3C=CC(CC3)C2C(=O)O)sc2c1CCCCC2. The highest BCUT2D eigenvalue weighted by Gasteiger charge is 2.48. The molecule has 0 spiro atoms. The van der Waals surface area contributed by atoms with Gasteiger partial charge in [0.05, 0.1) is 23.5 Å². The van der Waals surface area contributed by atoms with E-state index in [9.17, 15) is 19.5 Å². The number of thiophene rings is 1. The molecule has 5 rings (SSSR count). The van der Waals surface area contributed by atoms with Crippen LogP contribution in [0.4, 0.5) is 5.00 Å². The van der Waals surface area contributed by atoms with Crippen LogP contribution in [0.1, 0.15) is 66.8 Å². The van der Waals surface area contributed by atoms with Crippen LogP contribution >= 0.6 is 11.3 Å². The lowest BCUT2D eigenvalue weighted by atomic mass is 9.62. The van der Waals surface area contributed by atoms with Gasteiger partial charge in [0.25, 0.3) is 0 Å². The third-order valence-electron chi connectivity index (χ3n) is 6.54. The molecule has 1 aromatic heterocycles. The van der Waals surface area contributed by atoms with Crippen molar-refractivity contribution in [2.45, 2.75) is 64.9 Å². The average Bonchev–Trinajstić information content (AvgIpc) is 2.88. The van der Waals surface area contributed by atoms with E-state index < -0.39 is 23.8 Å². The van der Waals surface area contributed by atoms with Crippen LogP contribution in [-0.2, 0) is 27.2 Å². The Bertz CT molecular complexity index is 886. The Labute approximate surface area is 180 Å². The molecule has 0 radical (unpaired) electrons. The average molecular weight is 432 g/mol. The largest absolute Gasteiger partial charge is 0.481 e. The van der Waals surface area contributed by atoms with Gasteiger partial charge in [-0.1, -0.05) is 18.6 Å². The van der Waals surface area contributed by atoms with Crippen molar-refractivity contribution in [1.82, 2.24) is 0 Å². The number of carbonyl (C=O) groups is 3. The zero-order valence-corrected chi connectivity index (χ0v) is 18.3. The molecule has 30 heavy (non-hydrogen) atoms. The fraction of sp³-hybridized carbons (Fsp3) is 0.609. The van der Waals surface area contributed by atoms with Gasteiger partial charge < -0.3 is 15.2 Å². The van der Waals surface area contributed by atoms with E-state index in [1.807, 2.05) is 26.0 Å². The molecule has 0 saturated heterocycles. The number of carboxylic acids is 1. The van der Waals surface area contributed by atoms with Crippen LogP contribution in [-0.4, -0.2) is 29.1 Å². The van der Waals surface area contributed by atoms with Crippen molar-refractivity contribution >= 4 is 34.2 Å². The molecule has 1 fully saturated rings. The second-order valence-corrected chi connectivity index (χ2v) is 10.00. The second-order valence-electron chi connectivity index (χ2n) is 8.89. The van der Waals surface area contributed by atoms with Crippen LogP contribution in [0, 0.1) is 23.7 Å². The van der Waals surface area contributed by atoms with Gasteiger partial charge in [-0.25, -0.2) is 4.79 Å². The van der Waals surface area contributed by atoms with Gasteiger partial charge in [-0.15, -0.1) is 11.3 Å². The quantitative estimate of drug-likeness (QED) is 0.409. The van der Waals surface area contributed by atoms with E-state index in [1.165, 1.54) is 11.3 Å². The van der Waals surface area contributed by atoms with Gasteiger partial charge in [0.15, 0.2) is 0 Å². The number of esters is 1. The summed E-state index contributed by atoms with van der Waals surface area (Å²) in [6.45, 7) is 3.62. The summed E-state index contributed by atoms with van der Waals surface area (Å²) in [7, 11) is 0. The zero-order valence-electron chi connectivity index (χ0n) is 17.5. The molecule has 1 saturated carbocycles. The number of aryl methyl sites for hydroxylation is 1. The number of ether oxygens (including phenoxy) is 1. The van der Waals surface area contributed by atoms with Crippen LogP contribution in [0.15, 0.2) is 12.2 Å². The maximum absolute atomic E-state index is 13.3. The number of carbonyl (C=O) groups excluding carboxylic acids is 2. The molecule has 162 valence electrons. The topological polar surface area (TPSA) is 92.7 Å². The number of hydrogen-bond acceptors (Lipinski definition) is 5. The normalized spacial score (nSPS) is 27.4. The zero-order chi connectivity index (χ0) is 21.4. The Morgan fingerprint density at radius 1 is 1.07 bits per heavy atom. The summed E-state index contributed by atoms with van der Waals surface area (Å²) in [6, 6.07) is 0. The number of amides is 1. The molecular formula is C23H29NO5S. The van der Waals surface area contributed by atoms with Gasteiger partial charge in [0, 0.05) is 4.88 Å². The number of carboxylic acid groups (broad SMARTS) is 1. The summed E-state index contributed by atoms with van der Waals surface area (Å²) >= 11 is 1.45. The molecule has 6 nitrogen and oxygen atoms in total. The van der Waals surface area contributed by atoms with E-state index in [0.29, 0.717) is 10.6 Å². The lowest BCUT2D eigenvalue weighted by Gasteiger charge is -2.41. The van der Waals surface area contributed by atoms with E-state index in [1.54, 1.807) is 0 Å². The molecule has 1 amide bonds. The van der Waals surface area contributed by atoms with Gasteiger partial charge in [-0.3, -0.25) is 9.59 Å². The van der Waals surface area contributed by atoms with Crippen LogP contribution < -0.4 is 5.32 Å². The first kappa shape index (κ1) is 21.1. The van der Waals surface area contributed by atoms with Crippen molar-refractivity contribution in [3.63, 3.8) is 0 Å². The standard InChI is InChI=1S/C23H29NO5S/c1-12(2)29-23(28)19-15-6-4-3-5-7-16(15)30-21(19)24-20(25)17-13-8-10-14(11-9-13)18(17)22(26)27/h8,10,12-14,17-18H,3-7,9,11H2,1-2H3,(H,24,25)(H,26,27). The lowest BCUT2D eigenvalue weighted by Crippen LogP contribution is -2.47.